The lowest BCUT2D eigenvalue weighted by atomic mass is 9.99. The number of aromatic nitrogens is 1. The number of carbonyl (C=O) groups excluding carboxylic acids is 6. The lowest BCUT2D eigenvalue weighted by Crippen LogP contribution is -2.51. The second-order valence-electron chi connectivity index (χ2n) is 15.8. The summed E-state index contributed by atoms with van der Waals surface area (Å²) in [5, 5.41) is 17.1. The van der Waals surface area contributed by atoms with E-state index in [4.69, 9.17) is 16.2 Å². The highest BCUT2D eigenvalue weighted by atomic mass is 19.1. The zero-order valence-corrected chi connectivity index (χ0v) is 35.5. The van der Waals surface area contributed by atoms with Gasteiger partial charge in [0.15, 0.2) is 0 Å². The number of nitrogens with zero attached hydrogens (tertiary/aromatic N) is 1. The first-order valence-electron chi connectivity index (χ1n) is 20.7. The highest BCUT2D eigenvalue weighted by molar-refractivity contribution is 6.10. The molecule has 0 saturated carbocycles. The number of hydrogen-bond acceptors (Lipinski definition) is 9. The van der Waals surface area contributed by atoms with Gasteiger partial charge in [-0.15, -0.1) is 0 Å². The van der Waals surface area contributed by atoms with Gasteiger partial charge in [-0.1, -0.05) is 44.2 Å². The summed E-state index contributed by atoms with van der Waals surface area (Å²) >= 11 is 0. The van der Waals surface area contributed by atoms with Gasteiger partial charge >= 0.3 is 12.1 Å². The number of nitrogens with two attached hydrogens (primary N) is 2. The number of hydrogen-bond donors (Lipinski definition) is 9. The van der Waals surface area contributed by atoms with E-state index in [0.717, 1.165) is 34.3 Å². The monoisotopic (exact) mass is 856 g/mol. The van der Waals surface area contributed by atoms with Crippen molar-refractivity contribution in [1.82, 2.24) is 36.5 Å². The van der Waals surface area contributed by atoms with Crippen molar-refractivity contribution in [3.8, 4) is 11.3 Å². The maximum atomic E-state index is 14.3. The van der Waals surface area contributed by atoms with Gasteiger partial charge in [-0.25, -0.2) is 14.0 Å². The van der Waals surface area contributed by atoms with Crippen molar-refractivity contribution in [2.45, 2.75) is 64.6 Å². The van der Waals surface area contributed by atoms with Gasteiger partial charge in [0.1, 0.15) is 18.5 Å². The quantitative estimate of drug-likeness (QED) is 0.0591. The average Bonchev–Trinajstić information content (AvgIpc) is 3.50. The van der Waals surface area contributed by atoms with Crippen LogP contribution >= 0.6 is 0 Å². The Bertz CT molecular complexity index is 2260. The van der Waals surface area contributed by atoms with Gasteiger partial charge in [0.2, 0.25) is 11.8 Å². The van der Waals surface area contributed by atoms with E-state index in [-0.39, 0.29) is 49.2 Å². The fourth-order valence-corrected chi connectivity index (χ4v) is 7.05. The number of ether oxygens (including phenoxy) is 1. The molecule has 2 atom stereocenters. The summed E-state index contributed by atoms with van der Waals surface area (Å²) in [6.07, 6.45) is 1.55. The third-order valence-corrected chi connectivity index (χ3v) is 10.5. The second kappa shape index (κ2) is 21.8. The summed E-state index contributed by atoms with van der Waals surface area (Å²) < 4.78 is 19.9. The smallest absolute Gasteiger partial charge is 0.407 e. The van der Waals surface area contributed by atoms with E-state index in [2.05, 4.69) is 36.9 Å². The number of primary amides is 1. The van der Waals surface area contributed by atoms with Gasteiger partial charge in [-0.05, 0) is 99.6 Å². The van der Waals surface area contributed by atoms with E-state index >= 15 is 0 Å². The number of anilines is 1. The van der Waals surface area contributed by atoms with Crippen molar-refractivity contribution in [3.63, 3.8) is 0 Å². The summed E-state index contributed by atoms with van der Waals surface area (Å²) in [6.45, 7) is 5.32. The number of rotatable bonds is 20. The van der Waals surface area contributed by atoms with Crippen LogP contribution in [0.3, 0.4) is 0 Å². The molecule has 11 N–H and O–H groups in total. The molecule has 0 fully saturated rings. The highest BCUT2D eigenvalue weighted by Crippen LogP contribution is 2.35. The number of H-pyrrole nitrogens is 1. The minimum absolute atomic E-state index is 0.159. The molecule has 7 amide bonds. The molecule has 5 rings (SSSR count). The van der Waals surface area contributed by atoms with Crippen molar-refractivity contribution in [2.75, 3.05) is 52.1 Å². The van der Waals surface area contributed by atoms with Crippen LogP contribution in [0.1, 0.15) is 70.5 Å². The minimum atomic E-state index is -1.02. The van der Waals surface area contributed by atoms with Crippen LogP contribution in [0.5, 0.6) is 0 Å². The van der Waals surface area contributed by atoms with Crippen molar-refractivity contribution in [1.29, 1.82) is 0 Å². The largest absolute Gasteiger partial charge is 0.445 e. The predicted octanol–water partition coefficient (Wildman–Crippen LogP) is 3.27. The van der Waals surface area contributed by atoms with Crippen LogP contribution < -0.4 is 43.4 Å². The molecular formula is C44H57FN10O7. The molecule has 0 spiro atoms. The van der Waals surface area contributed by atoms with Crippen LogP contribution in [0.4, 0.5) is 19.7 Å². The van der Waals surface area contributed by atoms with E-state index in [1.807, 2.05) is 43.3 Å². The van der Waals surface area contributed by atoms with Gasteiger partial charge in [0, 0.05) is 59.6 Å². The maximum Gasteiger partial charge on any atom is 0.407 e. The molecule has 2 heterocycles. The first-order valence-corrected chi connectivity index (χ1v) is 20.7. The third kappa shape index (κ3) is 12.7. The van der Waals surface area contributed by atoms with Crippen LogP contribution in [-0.2, 0) is 33.8 Å². The Kier molecular flexibility index (Phi) is 16.4. The van der Waals surface area contributed by atoms with Gasteiger partial charge in [-0.2, -0.15) is 0 Å². The van der Waals surface area contributed by atoms with Crippen LogP contribution in [0.15, 0.2) is 54.6 Å². The number of amides is 7. The Morgan fingerprint density at radius 2 is 1.66 bits per heavy atom. The van der Waals surface area contributed by atoms with E-state index in [1.165, 1.54) is 18.2 Å². The number of halogens is 1. The normalized spacial score (nSPS) is 13.2. The predicted molar refractivity (Wildman–Crippen MR) is 234 cm³/mol. The number of nitrogens with one attached hydrogen (secondary N) is 7. The van der Waals surface area contributed by atoms with Crippen LogP contribution in [0, 0.1) is 11.7 Å². The molecule has 0 bridgehead atoms. The summed E-state index contributed by atoms with van der Waals surface area (Å²) in [5.41, 5.74) is 16.5. The Balaban J connectivity index is 1.21. The molecule has 4 aromatic rings. The topological polar surface area (TPSA) is 255 Å². The lowest BCUT2D eigenvalue weighted by Gasteiger charge is -2.22. The molecule has 0 saturated heterocycles. The van der Waals surface area contributed by atoms with E-state index in [1.54, 1.807) is 26.0 Å². The van der Waals surface area contributed by atoms with Crippen molar-refractivity contribution in [2.24, 2.45) is 17.4 Å². The first kappa shape index (κ1) is 46.5. The van der Waals surface area contributed by atoms with Gasteiger partial charge < -0.3 is 58.0 Å². The maximum absolute atomic E-state index is 14.3. The summed E-state index contributed by atoms with van der Waals surface area (Å²) in [6, 6.07) is 12.4. The first-order chi connectivity index (χ1) is 29.6. The van der Waals surface area contributed by atoms with E-state index in [0.29, 0.717) is 55.4 Å². The highest BCUT2D eigenvalue weighted by Gasteiger charge is 2.27. The van der Waals surface area contributed by atoms with Gasteiger partial charge in [0.05, 0.1) is 11.6 Å². The molecule has 0 radical (unpaired) electrons. The van der Waals surface area contributed by atoms with Crippen molar-refractivity contribution < 1.29 is 37.9 Å². The van der Waals surface area contributed by atoms with Crippen LogP contribution in [0.25, 0.3) is 22.2 Å². The number of benzene rings is 3. The Hall–Kier alpha value is -6.53. The Morgan fingerprint density at radius 3 is 2.37 bits per heavy atom. The lowest BCUT2D eigenvalue weighted by molar-refractivity contribution is -0.128. The number of urea groups is 1. The Morgan fingerprint density at radius 1 is 0.919 bits per heavy atom. The van der Waals surface area contributed by atoms with E-state index < -0.39 is 47.7 Å². The molecule has 0 unspecified atom stereocenters. The molecule has 62 heavy (non-hydrogen) atoms. The minimum Gasteiger partial charge on any atom is -0.445 e. The van der Waals surface area contributed by atoms with Crippen molar-refractivity contribution in [3.05, 3.63) is 88.2 Å². The average molecular weight is 857 g/mol. The fraction of sp³-hybridized carbons (Fsp3) is 0.409. The standard InChI is InChI=1S/C44H57FN10O7/c1-25(2)37(46)42(59)54-34(7-5-16-50-43(47)60)41(58)52-30-13-12-28(32(23-30)39(56)48-17-6-20-55(3)4)24-62-44(61)51-18-14-26-8-10-27(11-9-26)38-31-15-19-49-40(57)33-21-29(45)22-35(53-38)36(31)33/h8-13,21-23,25,34,37,53H,5-7,14-20,24,46H2,1-4H3,(H,48,56)(H,49,57)(H,51,61)(H,52,58)(H,54,59)(H3,47,50,60)/t34-,37-/m0/s1. The molecule has 332 valence electrons. The SMILES string of the molecule is CC(C)[C@H](N)C(=O)N[C@@H](CCCNC(N)=O)C(=O)Nc1ccc(COC(=O)NCCc2ccc(-c3[nH]c4cc(F)cc5c4c3CCNC5=O)cc2)c(C(=O)NCCCN(C)C)c1. The molecule has 17 nitrogen and oxygen atoms in total. The third-order valence-electron chi connectivity index (χ3n) is 10.5. The van der Waals surface area contributed by atoms with Crippen LogP contribution in [-0.4, -0.2) is 105 Å². The van der Waals surface area contributed by atoms with Crippen molar-refractivity contribution >= 4 is 52.3 Å². The van der Waals surface area contributed by atoms with Crippen LogP contribution in [0.2, 0.25) is 0 Å². The number of aromatic amines is 1. The molecule has 18 heteroatoms. The zero-order chi connectivity index (χ0) is 44.9. The number of alkyl carbamates (subject to hydrolysis) is 1. The molecule has 3 aromatic carbocycles. The molecule has 0 aliphatic carbocycles. The van der Waals surface area contributed by atoms with Gasteiger partial charge in [-0.3, -0.25) is 19.2 Å². The van der Waals surface area contributed by atoms with E-state index in [9.17, 15) is 33.2 Å². The zero-order valence-electron chi connectivity index (χ0n) is 35.5. The summed E-state index contributed by atoms with van der Waals surface area (Å²) in [4.78, 5) is 81.7. The Labute approximate surface area is 359 Å². The molecule has 1 aliphatic rings. The molecular weight excluding hydrogens is 800 g/mol. The van der Waals surface area contributed by atoms with Gasteiger partial charge in [0.25, 0.3) is 11.8 Å². The fourth-order valence-electron chi connectivity index (χ4n) is 7.05. The summed E-state index contributed by atoms with van der Waals surface area (Å²) in [7, 11) is 3.85. The second-order valence-corrected chi connectivity index (χ2v) is 15.8. The summed E-state index contributed by atoms with van der Waals surface area (Å²) in [5.74, 6) is -2.49. The number of carbonyl (C=O) groups is 6. The molecule has 1 aliphatic heterocycles. The molecule has 1 aromatic heterocycles.